The molecule has 3 nitrogen and oxygen atoms in total. The topological polar surface area (TPSA) is 46.0 Å². The van der Waals surface area contributed by atoms with Crippen molar-refractivity contribution >= 4 is 0 Å². The fraction of sp³-hybridized carbons (Fsp3) is 0.692. The first-order chi connectivity index (χ1) is 7.40. The van der Waals surface area contributed by atoms with Crippen molar-refractivity contribution in [3.63, 3.8) is 0 Å². The van der Waals surface area contributed by atoms with E-state index in [0.717, 1.165) is 29.2 Å². The van der Waals surface area contributed by atoms with Crippen LogP contribution in [0.5, 0.6) is 0 Å². The van der Waals surface area contributed by atoms with Gasteiger partial charge in [0, 0.05) is 6.42 Å². The van der Waals surface area contributed by atoms with Gasteiger partial charge in [-0.1, -0.05) is 13.8 Å². The molecule has 0 fully saturated rings. The predicted molar refractivity (Wildman–Crippen MR) is 65.4 cm³/mol. The number of aromatic nitrogens is 2. The number of hydrogen-bond donors (Lipinski definition) is 1. The van der Waals surface area contributed by atoms with Crippen LogP contribution in [-0.4, -0.2) is 21.2 Å². The molecule has 0 radical (unpaired) electrons. The quantitative estimate of drug-likeness (QED) is 0.850. The normalized spacial score (nSPS) is 13.2. The minimum absolute atomic E-state index is 0.310. The van der Waals surface area contributed by atoms with E-state index < -0.39 is 0 Å². The molecule has 0 aliphatic carbocycles. The number of nitrogens with zero attached hydrogens (tertiary/aromatic N) is 2. The second kappa shape index (κ2) is 5.39. The highest BCUT2D eigenvalue weighted by atomic mass is 16.3. The summed E-state index contributed by atoms with van der Waals surface area (Å²) in [7, 11) is 0. The molecule has 90 valence electrons. The van der Waals surface area contributed by atoms with Crippen LogP contribution < -0.4 is 0 Å². The molecule has 0 saturated carbocycles. The van der Waals surface area contributed by atoms with Crippen molar-refractivity contribution in [2.24, 2.45) is 5.92 Å². The van der Waals surface area contributed by atoms with Crippen molar-refractivity contribution in [2.75, 3.05) is 0 Å². The number of aliphatic hydroxyl groups is 1. The third kappa shape index (κ3) is 3.56. The van der Waals surface area contributed by atoms with E-state index in [1.807, 2.05) is 20.8 Å². The van der Waals surface area contributed by atoms with Gasteiger partial charge in [0.1, 0.15) is 0 Å². The largest absolute Gasteiger partial charge is 0.393 e. The van der Waals surface area contributed by atoms with Crippen LogP contribution in [0, 0.1) is 26.7 Å². The molecule has 0 saturated heterocycles. The van der Waals surface area contributed by atoms with Crippen LogP contribution in [0.4, 0.5) is 0 Å². The van der Waals surface area contributed by atoms with Gasteiger partial charge < -0.3 is 5.11 Å². The SMILES string of the molecule is Cc1nc(C)c(CC(O)CC(C)C)nc1C. The first-order valence-electron chi connectivity index (χ1n) is 5.89. The van der Waals surface area contributed by atoms with E-state index in [0.29, 0.717) is 12.3 Å². The molecule has 1 aromatic heterocycles. The second-order valence-electron chi connectivity index (χ2n) is 4.91. The molecule has 3 heteroatoms. The van der Waals surface area contributed by atoms with Gasteiger partial charge in [0.2, 0.25) is 0 Å². The van der Waals surface area contributed by atoms with Crippen LogP contribution in [0.1, 0.15) is 43.0 Å². The van der Waals surface area contributed by atoms with Crippen molar-refractivity contribution in [2.45, 2.75) is 53.6 Å². The number of rotatable bonds is 4. The maximum atomic E-state index is 9.89. The lowest BCUT2D eigenvalue weighted by molar-refractivity contribution is 0.147. The van der Waals surface area contributed by atoms with Gasteiger partial charge in [0.05, 0.1) is 28.9 Å². The Bertz CT molecular complexity index is 361. The van der Waals surface area contributed by atoms with Gasteiger partial charge in [-0.2, -0.15) is 0 Å². The maximum Gasteiger partial charge on any atom is 0.0645 e. The second-order valence-corrected chi connectivity index (χ2v) is 4.91. The average molecular weight is 222 g/mol. The molecule has 1 N–H and O–H groups in total. The minimum Gasteiger partial charge on any atom is -0.393 e. The van der Waals surface area contributed by atoms with Crippen molar-refractivity contribution in [1.82, 2.24) is 9.97 Å². The van der Waals surface area contributed by atoms with Crippen LogP contribution in [0.3, 0.4) is 0 Å². The fourth-order valence-corrected chi connectivity index (χ4v) is 1.81. The summed E-state index contributed by atoms with van der Waals surface area (Å²) in [4.78, 5) is 8.93. The zero-order valence-corrected chi connectivity index (χ0v) is 10.9. The summed E-state index contributed by atoms with van der Waals surface area (Å²) in [6.45, 7) is 10.1. The van der Waals surface area contributed by atoms with Crippen LogP contribution in [0.15, 0.2) is 0 Å². The molecule has 1 rings (SSSR count). The highest BCUT2D eigenvalue weighted by molar-refractivity contribution is 5.18. The molecule has 1 aromatic rings. The number of aryl methyl sites for hydroxylation is 3. The molecule has 1 unspecified atom stereocenters. The molecule has 0 aromatic carbocycles. The Morgan fingerprint density at radius 3 is 2.12 bits per heavy atom. The molecule has 0 bridgehead atoms. The summed E-state index contributed by atoms with van der Waals surface area (Å²) < 4.78 is 0. The molecule has 1 atom stereocenters. The summed E-state index contributed by atoms with van der Waals surface area (Å²) in [6, 6.07) is 0. The molecular weight excluding hydrogens is 200 g/mol. The van der Waals surface area contributed by atoms with E-state index in [9.17, 15) is 5.11 Å². The highest BCUT2D eigenvalue weighted by Crippen LogP contribution is 2.13. The molecule has 1 heterocycles. The first-order valence-corrected chi connectivity index (χ1v) is 5.89. The Kier molecular flexibility index (Phi) is 4.42. The standard InChI is InChI=1S/C13H22N2O/c1-8(2)6-12(16)7-13-11(5)14-9(3)10(4)15-13/h8,12,16H,6-7H2,1-5H3. The Morgan fingerprint density at radius 1 is 1.00 bits per heavy atom. The summed E-state index contributed by atoms with van der Waals surface area (Å²) in [5, 5.41) is 9.89. The van der Waals surface area contributed by atoms with E-state index in [1.165, 1.54) is 0 Å². The van der Waals surface area contributed by atoms with E-state index in [4.69, 9.17) is 0 Å². The lowest BCUT2D eigenvalue weighted by Crippen LogP contribution is -2.16. The molecule has 0 aliphatic rings. The Morgan fingerprint density at radius 2 is 1.56 bits per heavy atom. The monoisotopic (exact) mass is 222 g/mol. The van der Waals surface area contributed by atoms with E-state index >= 15 is 0 Å². The summed E-state index contributed by atoms with van der Waals surface area (Å²) in [5.41, 5.74) is 3.79. The summed E-state index contributed by atoms with van der Waals surface area (Å²) in [6.07, 6.45) is 1.11. The molecule has 0 aliphatic heterocycles. The van der Waals surface area contributed by atoms with E-state index in [1.54, 1.807) is 0 Å². The van der Waals surface area contributed by atoms with Gasteiger partial charge in [-0.25, -0.2) is 0 Å². The third-order valence-electron chi connectivity index (χ3n) is 2.75. The van der Waals surface area contributed by atoms with Gasteiger partial charge in [0.15, 0.2) is 0 Å². The lowest BCUT2D eigenvalue weighted by atomic mass is 10.0. The fourth-order valence-electron chi connectivity index (χ4n) is 1.81. The van der Waals surface area contributed by atoms with Crippen molar-refractivity contribution in [1.29, 1.82) is 0 Å². The Labute approximate surface area is 97.9 Å². The van der Waals surface area contributed by atoms with Crippen molar-refractivity contribution in [3.05, 3.63) is 22.8 Å². The van der Waals surface area contributed by atoms with Gasteiger partial charge >= 0.3 is 0 Å². The van der Waals surface area contributed by atoms with Gasteiger partial charge in [-0.3, -0.25) is 9.97 Å². The van der Waals surface area contributed by atoms with Crippen LogP contribution in [0.2, 0.25) is 0 Å². The van der Waals surface area contributed by atoms with Crippen molar-refractivity contribution < 1.29 is 5.11 Å². The zero-order chi connectivity index (χ0) is 12.3. The van der Waals surface area contributed by atoms with Gasteiger partial charge in [0.25, 0.3) is 0 Å². The zero-order valence-electron chi connectivity index (χ0n) is 10.9. The van der Waals surface area contributed by atoms with E-state index in [2.05, 4.69) is 23.8 Å². The molecule has 0 amide bonds. The minimum atomic E-state index is -0.310. The Hall–Kier alpha value is -0.960. The first kappa shape index (κ1) is 13.1. The van der Waals surface area contributed by atoms with Gasteiger partial charge in [-0.15, -0.1) is 0 Å². The third-order valence-corrected chi connectivity index (χ3v) is 2.75. The van der Waals surface area contributed by atoms with Crippen LogP contribution >= 0.6 is 0 Å². The Balaban J connectivity index is 2.77. The smallest absolute Gasteiger partial charge is 0.0645 e. The molecule has 0 spiro atoms. The van der Waals surface area contributed by atoms with Gasteiger partial charge in [-0.05, 0) is 33.1 Å². The molecule has 16 heavy (non-hydrogen) atoms. The van der Waals surface area contributed by atoms with Crippen LogP contribution in [-0.2, 0) is 6.42 Å². The molecular formula is C13H22N2O. The van der Waals surface area contributed by atoms with E-state index in [-0.39, 0.29) is 6.10 Å². The predicted octanol–water partition coefficient (Wildman–Crippen LogP) is 2.35. The maximum absolute atomic E-state index is 9.89. The number of aliphatic hydroxyl groups excluding tert-OH is 1. The van der Waals surface area contributed by atoms with Crippen LogP contribution in [0.25, 0.3) is 0 Å². The van der Waals surface area contributed by atoms with Crippen molar-refractivity contribution in [3.8, 4) is 0 Å². The number of hydrogen-bond acceptors (Lipinski definition) is 3. The lowest BCUT2D eigenvalue weighted by Gasteiger charge is -2.14. The average Bonchev–Trinajstić information content (AvgIpc) is 2.12. The summed E-state index contributed by atoms with van der Waals surface area (Å²) >= 11 is 0. The highest BCUT2D eigenvalue weighted by Gasteiger charge is 2.12. The summed E-state index contributed by atoms with van der Waals surface area (Å²) in [5.74, 6) is 0.509.